The summed E-state index contributed by atoms with van der Waals surface area (Å²) in [5.41, 5.74) is 0. The van der Waals surface area contributed by atoms with Gasteiger partial charge in [-0.1, -0.05) is 155 Å². The van der Waals surface area contributed by atoms with Crippen molar-refractivity contribution in [2.24, 2.45) is 5.92 Å². The van der Waals surface area contributed by atoms with Gasteiger partial charge < -0.3 is 19.7 Å². The molecule has 0 aliphatic heterocycles. The van der Waals surface area contributed by atoms with Gasteiger partial charge in [0, 0.05) is 19.6 Å². The van der Waals surface area contributed by atoms with Gasteiger partial charge in [-0.05, 0) is 38.0 Å². The summed E-state index contributed by atoms with van der Waals surface area (Å²) in [5.74, 6) is -0.767. The van der Waals surface area contributed by atoms with Crippen LogP contribution in [0.15, 0.2) is 0 Å². The molecule has 0 aromatic heterocycles. The van der Waals surface area contributed by atoms with Crippen LogP contribution in [-0.2, 0) is 19.1 Å². The van der Waals surface area contributed by atoms with Crippen LogP contribution in [0.4, 0.5) is 0 Å². The fourth-order valence-electron chi connectivity index (χ4n) is 6.02. The molecule has 256 valence electrons. The van der Waals surface area contributed by atoms with E-state index in [1.165, 1.54) is 148 Å². The first kappa shape index (κ1) is 41.9. The van der Waals surface area contributed by atoms with Gasteiger partial charge >= 0.3 is 11.9 Å². The van der Waals surface area contributed by atoms with Crippen molar-refractivity contribution < 1.29 is 29.3 Å². The molecule has 0 aliphatic rings. The van der Waals surface area contributed by atoms with Crippen LogP contribution in [0.3, 0.4) is 0 Å². The van der Waals surface area contributed by atoms with Gasteiger partial charge in [0.2, 0.25) is 0 Å². The molecule has 0 radical (unpaired) electrons. The number of carbonyl (C=O) groups is 2. The van der Waals surface area contributed by atoms with Crippen molar-refractivity contribution in [3.05, 3.63) is 0 Å². The molecule has 0 rings (SSSR count). The van der Waals surface area contributed by atoms with Gasteiger partial charge in [-0.3, -0.25) is 4.79 Å². The molecule has 0 saturated carbocycles. The summed E-state index contributed by atoms with van der Waals surface area (Å²) in [5, 5.41) is 17.4. The molecule has 2 atom stereocenters. The first-order valence-corrected chi connectivity index (χ1v) is 18.6. The predicted molar refractivity (Wildman–Crippen MR) is 180 cm³/mol. The summed E-state index contributed by atoms with van der Waals surface area (Å²) in [6, 6.07) is 0. The van der Waals surface area contributed by atoms with Crippen LogP contribution in [0.5, 0.6) is 0 Å². The largest absolute Gasteiger partial charge is 0.481 e. The maximum atomic E-state index is 10.6. The molecule has 0 amide bonds. The van der Waals surface area contributed by atoms with Crippen molar-refractivity contribution in [2.75, 3.05) is 19.8 Å². The zero-order chi connectivity index (χ0) is 31.6. The number of aliphatic carboxylic acids is 2. The minimum absolute atomic E-state index is 0.178. The van der Waals surface area contributed by atoms with E-state index in [1.54, 1.807) is 0 Å². The zero-order valence-corrected chi connectivity index (χ0v) is 28.6. The van der Waals surface area contributed by atoms with Crippen molar-refractivity contribution in [3.63, 3.8) is 0 Å². The SMILES string of the molecule is CCCCCCC(CCCCCCCCOCC(=O)O)CCOC(CCCCCC)CCCCCCCCCCC(=O)O. The molecular formula is C37H72O6. The molecule has 0 bridgehead atoms. The minimum Gasteiger partial charge on any atom is -0.481 e. The molecule has 6 nitrogen and oxygen atoms in total. The van der Waals surface area contributed by atoms with Gasteiger partial charge in [0.25, 0.3) is 0 Å². The Morgan fingerprint density at radius 1 is 0.488 bits per heavy atom. The van der Waals surface area contributed by atoms with Crippen molar-refractivity contribution in [1.29, 1.82) is 0 Å². The van der Waals surface area contributed by atoms with Crippen LogP contribution in [0, 0.1) is 5.92 Å². The topological polar surface area (TPSA) is 93.1 Å². The monoisotopic (exact) mass is 613 g/mol. The van der Waals surface area contributed by atoms with Crippen LogP contribution < -0.4 is 0 Å². The third-order valence-electron chi connectivity index (χ3n) is 8.77. The maximum Gasteiger partial charge on any atom is 0.329 e. The molecule has 0 aromatic carbocycles. The smallest absolute Gasteiger partial charge is 0.329 e. The van der Waals surface area contributed by atoms with Crippen LogP contribution in [0.25, 0.3) is 0 Å². The lowest BCUT2D eigenvalue weighted by atomic mass is 9.92. The van der Waals surface area contributed by atoms with E-state index >= 15 is 0 Å². The summed E-state index contributed by atoms with van der Waals surface area (Å²) in [6.07, 6.45) is 34.2. The number of carboxylic acids is 2. The van der Waals surface area contributed by atoms with Crippen LogP contribution in [0.2, 0.25) is 0 Å². The molecule has 0 aliphatic carbocycles. The Hall–Kier alpha value is -1.14. The first-order valence-electron chi connectivity index (χ1n) is 18.6. The van der Waals surface area contributed by atoms with E-state index in [1.807, 2.05) is 0 Å². The third-order valence-corrected chi connectivity index (χ3v) is 8.77. The Morgan fingerprint density at radius 3 is 1.42 bits per heavy atom. The highest BCUT2D eigenvalue weighted by Crippen LogP contribution is 2.24. The van der Waals surface area contributed by atoms with Gasteiger partial charge in [-0.15, -0.1) is 0 Å². The number of rotatable bonds is 36. The van der Waals surface area contributed by atoms with E-state index in [0.29, 0.717) is 19.1 Å². The van der Waals surface area contributed by atoms with Gasteiger partial charge in [-0.25, -0.2) is 4.79 Å². The fraction of sp³-hybridized carbons (Fsp3) is 0.946. The maximum absolute atomic E-state index is 10.6. The second-order valence-electron chi connectivity index (χ2n) is 13.0. The molecule has 0 fully saturated rings. The van der Waals surface area contributed by atoms with E-state index in [-0.39, 0.29) is 6.61 Å². The minimum atomic E-state index is -0.886. The van der Waals surface area contributed by atoms with E-state index in [4.69, 9.17) is 19.7 Å². The Balaban J connectivity index is 4.29. The summed E-state index contributed by atoms with van der Waals surface area (Å²) in [4.78, 5) is 21.1. The Bertz CT molecular complexity index is 546. The van der Waals surface area contributed by atoms with Crippen LogP contribution >= 0.6 is 0 Å². The fourth-order valence-corrected chi connectivity index (χ4v) is 6.02. The molecular weight excluding hydrogens is 540 g/mol. The number of carboxylic acid groups (broad SMARTS) is 2. The van der Waals surface area contributed by atoms with Gasteiger partial charge in [0.15, 0.2) is 0 Å². The highest BCUT2D eigenvalue weighted by molar-refractivity contribution is 5.68. The molecule has 0 aromatic rings. The number of unbranched alkanes of at least 4 members (excludes halogenated alkanes) is 18. The lowest BCUT2D eigenvalue weighted by Crippen LogP contribution is -2.16. The highest BCUT2D eigenvalue weighted by Gasteiger charge is 2.13. The van der Waals surface area contributed by atoms with Crippen LogP contribution in [-0.4, -0.2) is 48.1 Å². The molecule has 2 unspecified atom stereocenters. The van der Waals surface area contributed by atoms with Crippen molar-refractivity contribution in [2.45, 2.75) is 200 Å². The second-order valence-corrected chi connectivity index (χ2v) is 13.0. The predicted octanol–water partition coefficient (Wildman–Crippen LogP) is 11.1. The van der Waals surface area contributed by atoms with Crippen molar-refractivity contribution in [3.8, 4) is 0 Å². The summed E-state index contributed by atoms with van der Waals surface area (Å²) >= 11 is 0. The zero-order valence-electron chi connectivity index (χ0n) is 28.6. The number of ether oxygens (including phenoxy) is 2. The van der Waals surface area contributed by atoms with Gasteiger partial charge in [0.1, 0.15) is 6.61 Å². The molecule has 6 heteroatoms. The molecule has 0 saturated heterocycles. The van der Waals surface area contributed by atoms with E-state index in [2.05, 4.69) is 13.8 Å². The normalized spacial score (nSPS) is 12.9. The quantitative estimate of drug-likeness (QED) is 0.0684. The average Bonchev–Trinajstić information content (AvgIpc) is 2.98. The number of hydrogen-bond acceptors (Lipinski definition) is 4. The molecule has 2 N–H and O–H groups in total. The average molecular weight is 613 g/mol. The van der Waals surface area contributed by atoms with Crippen LogP contribution in [0.1, 0.15) is 194 Å². The van der Waals surface area contributed by atoms with E-state index < -0.39 is 11.9 Å². The Kier molecular flexibility index (Phi) is 32.9. The molecule has 43 heavy (non-hydrogen) atoms. The van der Waals surface area contributed by atoms with E-state index in [0.717, 1.165) is 38.2 Å². The molecule has 0 heterocycles. The summed E-state index contributed by atoms with van der Waals surface area (Å²) in [6.45, 7) is 5.87. The summed E-state index contributed by atoms with van der Waals surface area (Å²) < 4.78 is 11.7. The van der Waals surface area contributed by atoms with Gasteiger partial charge in [0.05, 0.1) is 6.10 Å². The Morgan fingerprint density at radius 2 is 0.930 bits per heavy atom. The standard InChI is InChI=1S/C37H72O6/c1-3-5-7-19-25-34(26-20-15-13-14-18-24-31-42-33-37(40)41)30-32-43-35(27-21-8-6-4-2)28-22-16-11-9-10-12-17-23-29-36(38)39/h34-35H,3-33H2,1-2H3,(H,38,39)(H,40,41). The van der Waals surface area contributed by atoms with Crippen molar-refractivity contribution in [1.82, 2.24) is 0 Å². The lowest BCUT2D eigenvalue weighted by Gasteiger charge is -2.21. The number of hydrogen-bond donors (Lipinski definition) is 2. The second kappa shape index (κ2) is 33.7. The van der Waals surface area contributed by atoms with E-state index in [9.17, 15) is 9.59 Å². The van der Waals surface area contributed by atoms with Gasteiger partial charge in [-0.2, -0.15) is 0 Å². The highest BCUT2D eigenvalue weighted by atomic mass is 16.5. The molecule has 0 spiro atoms. The Labute approximate surface area is 266 Å². The first-order chi connectivity index (χ1) is 21.0. The van der Waals surface area contributed by atoms with Crippen molar-refractivity contribution >= 4 is 11.9 Å². The third kappa shape index (κ3) is 33.6. The summed E-state index contributed by atoms with van der Waals surface area (Å²) in [7, 11) is 0. The lowest BCUT2D eigenvalue weighted by molar-refractivity contribution is -0.142.